The van der Waals surface area contributed by atoms with Crippen LogP contribution >= 0.6 is 11.3 Å². The maximum atomic E-state index is 13.4. The van der Waals surface area contributed by atoms with Crippen molar-refractivity contribution >= 4 is 28.2 Å². The number of benzene rings is 1. The Kier molecular flexibility index (Phi) is 5.85. The number of hydrogen-bond acceptors (Lipinski definition) is 4. The molecule has 2 amide bonds. The summed E-state index contributed by atoms with van der Waals surface area (Å²) in [4.78, 5) is 29.3. The fourth-order valence-corrected chi connectivity index (χ4v) is 6.91. The van der Waals surface area contributed by atoms with Gasteiger partial charge in [0.05, 0.1) is 18.8 Å². The van der Waals surface area contributed by atoms with Crippen molar-refractivity contribution in [1.82, 2.24) is 4.90 Å². The molecule has 2 bridgehead atoms. The Morgan fingerprint density at radius 3 is 2.58 bits per heavy atom. The third-order valence-electron chi connectivity index (χ3n) is 7.28. The average molecular weight is 439 g/mol. The number of hydrogen-bond donors (Lipinski definition) is 1. The number of fused-ring (bicyclic) bond motifs is 2. The molecule has 3 aliphatic rings. The van der Waals surface area contributed by atoms with Crippen molar-refractivity contribution in [3.05, 3.63) is 41.5 Å². The molecule has 6 heteroatoms. The molecule has 2 saturated carbocycles. The summed E-state index contributed by atoms with van der Waals surface area (Å²) < 4.78 is 5.42. The van der Waals surface area contributed by atoms with E-state index in [2.05, 4.69) is 17.4 Å². The second-order valence-electron chi connectivity index (χ2n) is 9.22. The van der Waals surface area contributed by atoms with E-state index in [-0.39, 0.29) is 11.8 Å². The molecule has 0 radical (unpaired) electrons. The largest absolute Gasteiger partial charge is 0.378 e. The van der Waals surface area contributed by atoms with Crippen LogP contribution in [0.15, 0.2) is 30.3 Å². The summed E-state index contributed by atoms with van der Waals surface area (Å²) in [7, 11) is 0. The predicted octanol–water partition coefficient (Wildman–Crippen LogP) is 4.96. The molecule has 3 unspecified atom stereocenters. The molecular formula is C25H30N2O3S. The summed E-state index contributed by atoms with van der Waals surface area (Å²) in [6.07, 6.45) is 5.68. The number of amides is 2. The van der Waals surface area contributed by atoms with E-state index < -0.39 is 0 Å². The van der Waals surface area contributed by atoms with Crippen molar-refractivity contribution in [2.24, 2.45) is 17.8 Å². The summed E-state index contributed by atoms with van der Waals surface area (Å²) in [5.74, 6) is 2.10. The van der Waals surface area contributed by atoms with Crippen molar-refractivity contribution in [2.45, 2.75) is 39.0 Å². The minimum Gasteiger partial charge on any atom is -0.378 e. The molecule has 2 heterocycles. The molecule has 3 fully saturated rings. The second-order valence-corrected chi connectivity index (χ2v) is 10.2. The van der Waals surface area contributed by atoms with E-state index in [9.17, 15) is 9.59 Å². The van der Waals surface area contributed by atoms with Gasteiger partial charge in [0.2, 0.25) is 5.91 Å². The zero-order valence-electron chi connectivity index (χ0n) is 18.1. The van der Waals surface area contributed by atoms with Gasteiger partial charge in [-0.1, -0.05) is 36.8 Å². The topological polar surface area (TPSA) is 58.6 Å². The smallest absolute Gasteiger partial charge is 0.257 e. The second kappa shape index (κ2) is 8.75. The molecule has 1 saturated heterocycles. The van der Waals surface area contributed by atoms with Crippen molar-refractivity contribution in [1.29, 1.82) is 0 Å². The fraction of sp³-hybridized carbons (Fsp3) is 0.520. The number of nitrogens with one attached hydrogen (secondary N) is 1. The number of rotatable bonds is 5. The molecule has 5 rings (SSSR count). The quantitative estimate of drug-likeness (QED) is 0.718. The number of thiophene rings is 1. The van der Waals surface area contributed by atoms with Gasteiger partial charge in [-0.25, -0.2) is 0 Å². The van der Waals surface area contributed by atoms with E-state index in [1.807, 2.05) is 30.0 Å². The first-order valence-corrected chi connectivity index (χ1v) is 12.3. The molecule has 1 N–H and O–H groups in total. The number of nitrogens with zero attached hydrogens (tertiary/aromatic N) is 1. The first kappa shape index (κ1) is 20.7. The molecule has 164 valence electrons. The number of anilines is 1. The zero-order valence-corrected chi connectivity index (χ0v) is 18.9. The maximum Gasteiger partial charge on any atom is 0.257 e. The van der Waals surface area contributed by atoms with Crippen LogP contribution in [0.5, 0.6) is 0 Å². The monoisotopic (exact) mass is 438 g/mol. The van der Waals surface area contributed by atoms with Crippen LogP contribution in [0.2, 0.25) is 0 Å². The Bertz CT molecular complexity index is 965. The molecule has 1 aliphatic heterocycles. The van der Waals surface area contributed by atoms with Crippen LogP contribution in [0.25, 0.3) is 10.4 Å². The normalized spacial score (nSPS) is 25.1. The molecular weight excluding hydrogens is 408 g/mol. The van der Waals surface area contributed by atoms with Crippen molar-refractivity contribution in [2.75, 3.05) is 31.6 Å². The van der Waals surface area contributed by atoms with E-state index in [1.54, 1.807) is 0 Å². The highest BCUT2D eigenvalue weighted by Gasteiger charge is 2.40. The first-order chi connectivity index (χ1) is 15.1. The standard InChI is InChI=1S/C25H30N2O3S/c1-16-22(25(29)27-9-11-30-12-10-27)24(31-23(16)18-5-3-2-4-6-18)26-21(28)15-20-14-17-7-8-19(20)13-17/h2-6,17,19-20H,7-15H2,1H3,(H,26,28). The molecule has 2 aromatic rings. The minimum absolute atomic E-state index is 0.00513. The first-order valence-electron chi connectivity index (χ1n) is 11.5. The molecule has 5 nitrogen and oxygen atoms in total. The Balaban J connectivity index is 1.41. The molecule has 2 aliphatic carbocycles. The summed E-state index contributed by atoms with van der Waals surface area (Å²) in [6, 6.07) is 10.1. The van der Waals surface area contributed by atoms with Crippen LogP contribution in [-0.4, -0.2) is 43.0 Å². The third-order valence-corrected chi connectivity index (χ3v) is 8.54. The minimum atomic E-state index is -0.00513. The van der Waals surface area contributed by atoms with Crippen molar-refractivity contribution in [3.63, 3.8) is 0 Å². The average Bonchev–Trinajstić information content (AvgIpc) is 3.49. The highest BCUT2D eigenvalue weighted by molar-refractivity contribution is 7.20. The lowest BCUT2D eigenvalue weighted by atomic mass is 9.86. The molecule has 1 aromatic heterocycles. The molecule has 1 aromatic carbocycles. The van der Waals surface area contributed by atoms with Gasteiger partial charge in [-0.2, -0.15) is 0 Å². The van der Waals surface area contributed by atoms with Crippen LogP contribution in [0.1, 0.15) is 48.0 Å². The van der Waals surface area contributed by atoms with E-state index in [4.69, 9.17) is 4.74 Å². The molecule has 31 heavy (non-hydrogen) atoms. The van der Waals surface area contributed by atoms with Crippen LogP contribution in [0, 0.1) is 24.7 Å². The highest BCUT2D eigenvalue weighted by atomic mass is 32.1. The summed E-state index contributed by atoms with van der Waals surface area (Å²) >= 11 is 1.52. The van der Waals surface area contributed by atoms with E-state index >= 15 is 0 Å². The van der Waals surface area contributed by atoms with Gasteiger partial charge in [0, 0.05) is 24.4 Å². The van der Waals surface area contributed by atoms with Gasteiger partial charge in [0.1, 0.15) is 5.00 Å². The van der Waals surface area contributed by atoms with Gasteiger partial charge < -0.3 is 15.0 Å². The lowest BCUT2D eigenvalue weighted by molar-refractivity contribution is -0.117. The Labute approximate surface area is 187 Å². The summed E-state index contributed by atoms with van der Waals surface area (Å²) in [5, 5.41) is 3.84. The SMILES string of the molecule is Cc1c(-c2ccccc2)sc(NC(=O)CC2CC3CCC2C3)c1C(=O)N1CCOCC1. The predicted molar refractivity (Wildman–Crippen MR) is 123 cm³/mol. The van der Waals surface area contributed by atoms with Crippen LogP contribution in [-0.2, 0) is 9.53 Å². The van der Waals surface area contributed by atoms with Crippen LogP contribution < -0.4 is 5.32 Å². The number of carbonyl (C=O) groups is 2. The van der Waals surface area contributed by atoms with Gasteiger partial charge in [0.15, 0.2) is 0 Å². The van der Waals surface area contributed by atoms with Gasteiger partial charge in [0.25, 0.3) is 5.91 Å². The van der Waals surface area contributed by atoms with Gasteiger partial charge >= 0.3 is 0 Å². The summed E-state index contributed by atoms with van der Waals surface area (Å²) in [6.45, 7) is 4.30. The van der Waals surface area contributed by atoms with Crippen molar-refractivity contribution < 1.29 is 14.3 Å². The van der Waals surface area contributed by atoms with Gasteiger partial charge in [-0.15, -0.1) is 11.3 Å². The number of carbonyl (C=O) groups excluding carboxylic acids is 2. The zero-order chi connectivity index (χ0) is 21.4. The maximum absolute atomic E-state index is 13.4. The lowest BCUT2D eigenvalue weighted by Crippen LogP contribution is -2.41. The van der Waals surface area contributed by atoms with Gasteiger partial charge in [-0.05, 0) is 55.1 Å². The fourth-order valence-electron chi connectivity index (χ4n) is 5.69. The van der Waals surface area contributed by atoms with E-state index in [0.29, 0.717) is 49.2 Å². The Hall–Kier alpha value is -2.18. The Morgan fingerprint density at radius 1 is 1.13 bits per heavy atom. The summed E-state index contributed by atoms with van der Waals surface area (Å²) in [5.41, 5.74) is 2.67. The lowest BCUT2D eigenvalue weighted by Gasteiger charge is -2.27. The van der Waals surface area contributed by atoms with Crippen LogP contribution in [0.4, 0.5) is 5.00 Å². The Morgan fingerprint density at radius 2 is 1.90 bits per heavy atom. The third kappa shape index (κ3) is 4.15. The number of morpholine rings is 1. The van der Waals surface area contributed by atoms with Gasteiger partial charge in [-0.3, -0.25) is 9.59 Å². The van der Waals surface area contributed by atoms with Crippen molar-refractivity contribution in [3.8, 4) is 10.4 Å². The molecule has 3 atom stereocenters. The van der Waals surface area contributed by atoms with E-state index in [0.717, 1.165) is 27.8 Å². The van der Waals surface area contributed by atoms with Crippen LogP contribution in [0.3, 0.4) is 0 Å². The molecule has 0 spiro atoms. The number of ether oxygens (including phenoxy) is 1. The van der Waals surface area contributed by atoms with E-state index in [1.165, 1.54) is 37.0 Å². The highest BCUT2D eigenvalue weighted by Crippen LogP contribution is 2.49.